The van der Waals surface area contributed by atoms with E-state index in [0.717, 1.165) is 6.54 Å². The summed E-state index contributed by atoms with van der Waals surface area (Å²) >= 11 is 5.93. The maximum absolute atomic E-state index is 3.66. The molecule has 0 spiro atoms. The lowest BCUT2D eigenvalue weighted by Crippen LogP contribution is -2.21. The highest BCUT2D eigenvalue weighted by Crippen LogP contribution is 2.37. The molecule has 4 heteroatoms. The largest absolute Gasteiger partial charge is 0.306 e. The highest BCUT2D eigenvalue weighted by molar-refractivity contribution is 7.98. The third-order valence-electron chi connectivity index (χ3n) is 3.55. The first-order chi connectivity index (χ1) is 9.29. The van der Waals surface area contributed by atoms with E-state index in [1.54, 1.807) is 10.4 Å². The molecule has 0 amide bonds. The van der Waals surface area contributed by atoms with Gasteiger partial charge in [-0.3, -0.25) is 0 Å². The zero-order valence-electron chi connectivity index (χ0n) is 11.4. The molecule has 0 aliphatic carbocycles. The summed E-state index contributed by atoms with van der Waals surface area (Å²) in [6.45, 7) is 5.43. The normalized spacial score (nSPS) is 16.3. The van der Waals surface area contributed by atoms with Crippen molar-refractivity contribution in [2.45, 2.75) is 32.1 Å². The van der Waals surface area contributed by atoms with Gasteiger partial charge in [0.15, 0.2) is 0 Å². The minimum absolute atomic E-state index is 0.386. The van der Waals surface area contributed by atoms with E-state index in [4.69, 9.17) is 0 Å². The third-order valence-corrected chi connectivity index (χ3v) is 6.72. The molecule has 0 radical (unpaired) electrons. The van der Waals surface area contributed by atoms with Gasteiger partial charge in [0.05, 0.1) is 6.04 Å². The van der Waals surface area contributed by atoms with E-state index >= 15 is 0 Å². The number of fused-ring (bicyclic) bond motifs is 1. The minimum Gasteiger partial charge on any atom is -0.306 e. The zero-order valence-corrected chi connectivity index (χ0v) is 13.8. The Morgan fingerprint density at radius 1 is 1.42 bits per heavy atom. The number of hydrogen-bond acceptors (Lipinski definition) is 4. The second kappa shape index (κ2) is 6.00. The number of aryl methyl sites for hydroxylation is 2. The summed E-state index contributed by atoms with van der Waals surface area (Å²) in [6, 6.07) is 5.11. The van der Waals surface area contributed by atoms with Crippen molar-refractivity contribution in [3.63, 3.8) is 0 Å². The molecule has 1 aliphatic rings. The van der Waals surface area contributed by atoms with E-state index in [1.165, 1.54) is 33.2 Å². The molecule has 102 valence electrons. The highest BCUT2D eigenvalue weighted by atomic mass is 32.2. The van der Waals surface area contributed by atoms with Crippen LogP contribution in [0.15, 0.2) is 17.5 Å². The monoisotopic (exact) mass is 309 g/mol. The van der Waals surface area contributed by atoms with Gasteiger partial charge in [0.25, 0.3) is 0 Å². The molecule has 2 aromatic rings. The van der Waals surface area contributed by atoms with Gasteiger partial charge in [-0.2, -0.15) is 11.8 Å². The van der Waals surface area contributed by atoms with Crippen LogP contribution in [-0.2, 0) is 12.2 Å². The Bertz CT molecular complexity index is 532. The van der Waals surface area contributed by atoms with Crippen molar-refractivity contribution >= 4 is 34.4 Å². The molecule has 0 saturated heterocycles. The molecule has 0 fully saturated rings. The van der Waals surface area contributed by atoms with Crippen molar-refractivity contribution in [2.75, 3.05) is 12.3 Å². The van der Waals surface area contributed by atoms with Crippen molar-refractivity contribution in [3.05, 3.63) is 43.3 Å². The number of hydrogen-bond donors (Lipinski definition) is 1. The topological polar surface area (TPSA) is 12.0 Å². The summed E-state index contributed by atoms with van der Waals surface area (Å²) in [4.78, 5) is 4.55. The summed E-state index contributed by atoms with van der Waals surface area (Å²) in [6.07, 6.45) is 1.26. The van der Waals surface area contributed by atoms with Crippen LogP contribution >= 0.6 is 34.4 Å². The standard InChI is InChI=1S/C15H19NS3/c1-3-16-15(12-4-7-18-10(12)2)14-8-11-9-17-6-5-13(11)19-14/h4,7-8,15-16H,3,5-6,9H2,1-2H3. The number of thiophene rings is 2. The summed E-state index contributed by atoms with van der Waals surface area (Å²) in [5.74, 6) is 2.49. The van der Waals surface area contributed by atoms with Crippen molar-refractivity contribution in [2.24, 2.45) is 0 Å². The van der Waals surface area contributed by atoms with Gasteiger partial charge in [0, 0.05) is 20.4 Å². The van der Waals surface area contributed by atoms with Gasteiger partial charge < -0.3 is 5.32 Å². The molecule has 0 aromatic carbocycles. The second-order valence-electron chi connectivity index (χ2n) is 4.82. The number of thioether (sulfide) groups is 1. The van der Waals surface area contributed by atoms with Crippen molar-refractivity contribution in [1.29, 1.82) is 0 Å². The fourth-order valence-electron chi connectivity index (χ4n) is 2.57. The molecule has 19 heavy (non-hydrogen) atoms. The average Bonchev–Trinajstić information content (AvgIpc) is 3.02. The average molecular weight is 310 g/mol. The molecule has 0 saturated carbocycles. The Balaban J connectivity index is 1.96. The van der Waals surface area contributed by atoms with Crippen molar-refractivity contribution < 1.29 is 0 Å². The van der Waals surface area contributed by atoms with Crippen LogP contribution in [-0.4, -0.2) is 12.3 Å². The predicted octanol–water partition coefficient (Wildman–Crippen LogP) is 4.61. The third kappa shape index (κ3) is 2.77. The first-order valence-corrected chi connectivity index (χ1v) is 9.61. The van der Waals surface area contributed by atoms with Gasteiger partial charge in [-0.25, -0.2) is 0 Å². The Morgan fingerprint density at radius 3 is 3.00 bits per heavy atom. The van der Waals surface area contributed by atoms with E-state index in [-0.39, 0.29) is 0 Å². The van der Waals surface area contributed by atoms with Gasteiger partial charge in [-0.1, -0.05) is 6.92 Å². The smallest absolute Gasteiger partial charge is 0.0681 e. The van der Waals surface area contributed by atoms with Gasteiger partial charge in [-0.05, 0) is 54.3 Å². The van der Waals surface area contributed by atoms with Crippen LogP contribution in [0, 0.1) is 6.92 Å². The molecule has 1 unspecified atom stereocenters. The molecular weight excluding hydrogens is 290 g/mol. The van der Waals surface area contributed by atoms with Gasteiger partial charge in [0.1, 0.15) is 0 Å². The van der Waals surface area contributed by atoms with Crippen LogP contribution in [0.1, 0.15) is 38.7 Å². The van der Waals surface area contributed by atoms with Crippen LogP contribution in [0.4, 0.5) is 0 Å². The highest BCUT2D eigenvalue weighted by Gasteiger charge is 2.21. The lowest BCUT2D eigenvalue weighted by molar-refractivity contribution is 0.639. The maximum Gasteiger partial charge on any atom is 0.0681 e. The molecule has 3 heterocycles. The van der Waals surface area contributed by atoms with Crippen LogP contribution < -0.4 is 5.32 Å². The lowest BCUT2D eigenvalue weighted by atomic mass is 10.1. The molecule has 1 aliphatic heterocycles. The molecular formula is C15H19NS3. The molecule has 2 aromatic heterocycles. The summed E-state index contributed by atoms with van der Waals surface area (Å²) in [5, 5.41) is 5.87. The van der Waals surface area contributed by atoms with E-state index in [2.05, 4.69) is 48.4 Å². The molecule has 1 N–H and O–H groups in total. The van der Waals surface area contributed by atoms with Gasteiger partial charge in [0.2, 0.25) is 0 Å². The van der Waals surface area contributed by atoms with Crippen LogP contribution in [0.3, 0.4) is 0 Å². The molecule has 3 rings (SSSR count). The minimum atomic E-state index is 0.386. The summed E-state index contributed by atoms with van der Waals surface area (Å²) < 4.78 is 0. The van der Waals surface area contributed by atoms with Gasteiger partial charge >= 0.3 is 0 Å². The molecule has 0 bridgehead atoms. The van der Waals surface area contributed by atoms with Crippen LogP contribution in [0.2, 0.25) is 0 Å². The lowest BCUT2D eigenvalue weighted by Gasteiger charge is -2.16. The Kier molecular flexibility index (Phi) is 4.32. The quantitative estimate of drug-likeness (QED) is 0.885. The first-order valence-electron chi connectivity index (χ1n) is 6.76. The SMILES string of the molecule is CCNC(c1cc2c(s1)CCSC2)c1ccsc1C. The fraction of sp³-hybridized carbons (Fsp3) is 0.467. The second-order valence-corrected chi connectivity index (χ2v) is 8.22. The fourth-order valence-corrected chi connectivity index (χ4v) is 5.79. The Hall–Kier alpha value is -0.290. The molecule has 1 nitrogen and oxygen atoms in total. The number of rotatable bonds is 4. The van der Waals surface area contributed by atoms with Crippen molar-refractivity contribution in [3.8, 4) is 0 Å². The zero-order chi connectivity index (χ0) is 13.2. The predicted molar refractivity (Wildman–Crippen MR) is 88.8 cm³/mol. The van der Waals surface area contributed by atoms with E-state index in [0.29, 0.717) is 6.04 Å². The van der Waals surface area contributed by atoms with E-state index in [1.807, 2.05) is 22.7 Å². The number of nitrogens with one attached hydrogen (secondary N) is 1. The first kappa shape index (κ1) is 13.7. The maximum atomic E-state index is 3.66. The Morgan fingerprint density at radius 2 is 2.32 bits per heavy atom. The van der Waals surface area contributed by atoms with Gasteiger partial charge in [-0.15, -0.1) is 22.7 Å². The summed E-state index contributed by atoms with van der Waals surface area (Å²) in [7, 11) is 0. The Labute approximate surface area is 127 Å². The molecule has 1 atom stereocenters. The van der Waals surface area contributed by atoms with E-state index < -0.39 is 0 Å². The van der Waals surface area contributed by atoms with Crippen LogP contribution in [0.5, 0.6) is 0 Å². The van der Waals surface area contributed by atoms with Crippen molar-refractivity contribution in [1.82, 2.24) is 5.32 Å². The van der Waals surface area contributed by atoms with E-state index in [9.17, 15) is 0 Å². The summed E-state index contributed by atoms with van der Waals surface area (Å²) in [5.41, 5.74) is 3.03. The van der Waals surface area contributed by atoms with Crippen LogP contribution in [0.25, 0.3) is 0 Å².